The van der Waals surface area contributed by atoms with Gasteiger partial charge in [0.15, 0.2) is 0 Å². The van der Waals surface area contributed by atoms with E-state index in [9.17, 15) is 4.79 Å². The standard InChI is InChI=1S/C20H24N6O3/c1-13-9-18(22-28-13)20-17(14(2)29-23-20)12-26-19(27)10-16(11-21-26)25-7-5-24(6-8-25)15-3-4-15/h9-11,15H,3-8,12H2,1-2H3. The van der Waals surface area contributed by atoms with Gasteiger partial charge in [-0.2, -0.15) is 5.10 Å². The molecule has 4 heterocycles. The molecule has 0 amide bonds. The summed E-state index contributed by atoms with van der Waals surface area (Å²) in [6.07, 6.45) is 4.43. The zero-order valence-corrected chi connectivity index (χ0v) is 16.7. The van der Waals surface area contributed by atoms with E-state index < -0.39 is 0 Å². The molecule has 0 radical (unpaired) electrons. The van der Waals surface area contributed by atoms with E-state index in [0.717, 1.165) is 43.5 Å². The van der Waals surface area contributed by atoms with Crippen molar-refractivity contribution in [1.82, 2.24) is 25.0 Å². The van der Waals surface area contributed by atoms with Crippen LogP contribution in [0.25, 0.3) is 11.4 Å². The Kier molecular flexibility index (Phi) is 4.46. The van der Waals surface area contributed by atoms with Gasteiger partial charge >= 0.3 is 0 Å². The van der Waals surface area contributed by atoms with Gasteiger partial charge in [-0.15, -0.1) is 0 Å². The lowest BCUT2D eigenvalue weighted by molar-refractivity contribution is 0.248. The average Bonchev–Trinajstić information content (AvgIpc) is 3.40. The van der Waals surface area contributed by atoms with Gasteiger partial charge in [0.2, 0.25) is 0 Å². The highest BCUT2D eigenvalue weighted by atomic mass is 16.5. The van der Waals surface area contributed by atoms with Crippen molar-refractivity contribution in [3.63, 3.8) is 0 Å². The first-order valence-electron chi connectivity index (χ1n) is 10.0. The van der Waals surface area contributed by atoms with E-state index in [1.807, 2.05) is 13.8 Å². The van der Waals surface area contributed by atoms with E-state index in [1.54, 1.807) is 18.3 Å². The summed E-state index contributed by atoms with van der Waals surface area (Å²) in [5.74, 6) is 1.32. The summed E-state index contributed by atoms with van der Waals surface area (Å²) in [5, 5.41) is 12.5. The van der Waals surface area contributed by atoms with Gasteiger partial charge in [-0.1, -0.05) is 10.3 Å². The van der Waals surface area contributed by atoms with Crippen LogP contribution in [-0.4, -0.2) is 57.2 Å². The smallest absolute Gasteiger partial charge is 0.269 e. The Morgan fingerprint density at radius 3 is 2.52 bits per heavy atom. The molecule has 152 valence electrons. The fraction of sp³-hybridized carbons (Fsp3) is 0.500. The zero-order chi connectivity index (χ0) is 20.0. The largest absolute Gasteiger partial charge is 0.368 e. The van der Waals surface area contributed by atoms with E-state index in [0.29, 0.717) is 22.9 Å². The summed E-state index contributed by atoms with van der Waals surface area (Å²) < 4.78 is 11.9. The molecule has 1 aliphatic heterocycles. The molecular weight excluding hydrogens is 372 g/mol. The number of piperazine rings is 1. The van der Waals surface area contributed by atoms with Crippen LogP contribution in [0.5, 0.6) is 0 Å². The molecule has 1 saturated carbocycles. The first kappa shape index (κ1) is 18.1. The molecule has 0 unspecified atom stereocenters. The molecule has 0 bridgehead atoms. The molecule has 2 fully saturated rings. The van der Waals surface area contributed by atoms with E-state index in [-0.39, 0.29) is 12.1 Å². The fourth-order valence-electron chi connectivity index (χ4n) is 3.91. The molecule has 0 N–H and O–H groups in total. The van der Waals surface area contributed by atoms with Gasteiger partial charge in [0, 0.05) is 49.9 Å². The summed E-state index contributed by atoms with van der Waals surface area (Å²) in [6.45, 7) is 7.87. The monoisotopic (exact) mass is 396 g/mol. The van der Waals surface area contributed by atoms with Gasteiger partial charge in [-0.05, 0) is 26.7 Å². The molecule has 0 aromatic carbocycles. The van der Waals surface area contributed by atoms with Gasteiger partial charge in [0.1, 0.15) is 22.9 Å². The van der Waals surface area contributed by atoms with Gasteiger partial charge in [-0.25, -0.2) is 4.68 Å². The minimum Gasteiger partial charge on any atom is -0.368 e. The highest BCUT2D eigenvalue weighted by molar-refractivity contribution is 5.59. The molecule has 5 rings (SSSR count). The molecule has 0 atom stereocenters. The van der Waals surface area contributed by atoms with Crippen LogP contribution in [-0.2, 0) is 6.54 Å². The number of anilines is 1. The van der Waals surface area contributed by atoms with Crippen LogP contribution in [0, 0.1) is 13.8 Å². The van der Waals surface area contributed by atoms with Crippen LogP contribution in [0.4, 0.5) is 5.69 Å². The average molecular weight is 396 g/mol. The van der Waals surface area contributed by atoms with E-state index in [2.05, 4.69) is 25.2 Å². The predicted octanol–water partition coefficient (Wildman–Crippen LogP) is 1.84. The molecule has 3 aromatic rings. The Morgan fingerprint density at radius 1 is 1.07 bits per heavy atom. The maximum atomic E-state index is 12.7. The number of aromatic nitrogens is 4. The van der Waals surface area contributed by atoms with Crippen molar-refractivity contribution in [1.29, 1.82) is 0 Å². The lowest BCUT2D eigenvalue weighted by atomic mass is 10.1. The van der Waals surface area contributed by atoms with Crippen LogP contribution < -0.4 is 10.5 Å². The maximum absolute atomic E-state index is 12.7. The van der Waals surface area contributed by atoms with Crippen molar-refractivity contribution in [2.24, 2.45) is 0 Å². The molecule has 2 aliphatic rings. The highest BCUT2D eigenvalue weighted by Crippen LogP contribution is 2.28. The van der Waals surface area contributed by atoms with Crippen LogP contribution in [0.15, 0.2) is 32.2 Å². The molecular formula is C20H24N6O3. The van der Waals surface area contributed by atoms with E-state index >= 15 is 0 Å². The normalized spacial score (nSPS) is 17.8. The topological polar surface area (TPSA) is 93.4 Å². The lowest BCUT2D eigenvalue weighted by Crippen LogP contribution is -2.47. The van der Waals surface area contributed by atoms with E-state index in [4.69, 9.17) is 9.05 Å². The first-order chi connectivity index (χ1) is 14.1. The van der Waals surface area contributed by atoms with E-state index in [1.165, 1.54) is 17.5 Å². The van der Waals surface area contributed by atoms with Crippen LogP contribution in [0.1, 0.15) is 29.9 Å². The predicted molar refractivity (Wildman–Crippen MR) is 106 cm³/mol. The van der Waals surface area contributed by atoms with Crippen LogP contribution in [0.2, 0.25) is 0 Å². The van der Waals surface area contributed by atoms with Crippen molar-refractivity contribution in [3.05, 3.63) is 45.8 Å². The number of nitrogens with zero attached hydrogens (tertiary/aromatic N) is 6. The van der Waals surface area contributed by atoms with Gasteiger partial charge in [0.25, 0.3) is 5.56 Å². The van der Waals surface area contributed by atoms with Crippen molar-refractivity contribution < 1.29 is 9.05 Å². The molecule has 9 nitrogen and oxygen atoms in total. The minimum atomic E-state index is -0.144. The summed E-state index contributed by atoms with van der Waals surface area (Å²) in [6, 6.07) is 4.25. The number of rotatable bonds is 5. The fourth-order valence-corrected chi connectivity index (χ4v) is 3.91. The second-order valence-electron chi connectivity index (χ2n) is 7.85. The summed E-state index contributed by atoms with van der Waals surface area (Å²) in [4.78, 5) is 17.5. The van der Waals surface area contributed by atoms with Crippen LogP contribution >= 0.6 is 0 Å². The first-order valence-corrected chi connectivity index (χ1v) is 10.0. The number of aryl methyl sites for hydroxylation is 2. The third-order valence-electron chi connectivity index (χ3n) is 5.76. The second-order valence-corrected chi connectivity index (χ2v) is 7.85. The third kappa shape index (κ3) is 3.57. The molecule has 1 aliphatic carbocycles. The minimum absolute atomic E-state index is 0.144. The quantitative estimate of drug-likeness (QED) is 0.645. The highest BCUT2D eigenvalue weighted by Gasteiger charge is 2.31. The van der Waals surface area contributed by atoms with Crippen molar-refractivity contribution in [3.8, 4) is 11.4 Å². The Bertz CT molecular complexity index is 1070. The lowest BCUT2D eigenvalue weighted by Gasteiger charge is -2.35. The Hall–Kier alpha value is -2.94. The Balaban J connectivity index is 1.34. The van der Waals surface area contributed by atoms with Crippen molar-refractivity contribution >= 4 is 5.69 Å². The Morgan fingerprint density at radius 2 is 1.86 bits per heavy atom. The third-order valence-corrected chi connectivity index (χ3v) is 5.76. The van der Waals surface area contributed by atoms with Crippen molar-refractivity contribution in [2.75, 3.05) is 31.1 Å². The van der Waals surface area contributed by atoms with Crippen LogP contribution in [0.3, 0.4) is 0 Å². The van der Waals surface area contributed by atoms with Gasteiger partial charge in [-0.3, -0.25) is 9.69 Å². The molecule has 1 saturated heterocycles. The zero-order valence-electron chi connectivity index (χ0n) is 16.7. The number of hydrogen-bond donors (Lipinski definition) is 0. The SMILES string of the molecule is Cc1cc(-c2noc(C)c2Cn2ncc(N3CCN(C4CC4)CC3)cc2=O)no1. The summed E-state index contributed by atoms with van der Waals surface area (Å²) in [7, 11) is 0. The maximum Gasteiger partial charge on any atom is 0.269 e. The second kappa shape index (κ2) is 7.14. The molecule has 0 spiro atoms. The molecule has 3 aromatic heterocycles. The van der Waals surface area contributed by atoms with Crippen molar-refractivity contribution in [2.45, 2.75) is 39.3 Å². The summed E-state index contributed by atoms with van der Waals surface area (Å²) >= 11 is 0. The molecule has 9 heteroatoms. The van der Waals surface area contributed by atoms with Gasteiger partial charge < -0.3 is 13.9 Å². The number of hydrogen-bond acceptors (Lipinski definition) is 8. The molecule has 29 heavy (non-hydrogen) atoms. The Labute approximate surface area is 167 Å². The van der Waals surface area contributed by atoms with Gasteiger partial charge in [0.05, 0.1) is 18.4 Å². The summed E-state index contributed by atoms with van der Waals surface area (Å²) in [5.41, 5.74) is 2.69.